The molecule has 0 radical (unpaired) electrons. The van der Waals surface area contributed by atoms with Gasteiger partial charge in [0, 0.05) is 29.2 Å². The Kier molecular flexibility index (Phi) is 4.87. The number of carbonyl (C=O) groups is 2. The number of fused-ring (bicyclic) bond motifs is 2. The van der Waals surface area contributed by atoms with Crippen LogP contribution in [0.3, 0.4) is 0 Å². The number of esters is 1. The van der Waals surface area contributed by atoms with Crippen LogP contribution in [-0.2, 0) is 9.53 Å². The number of halogens is 1. The number of hydrogen-bond acceptors (Lipinski definition) is 4. The predicted molar refractivity (Wildman–Crippen MR) is 88.7 cm³/mol. The minimum atomic E-state index is -0.474. The van der Waals surface area contributed by atoms with E-state index >= 15 is 0 Å². The van der Waals surface area contributed by atoms with Gasteiger partial charge in [0.1, 0.15) is 0 Å². The summed E-state index contributed by atoms with van der Waals surface area (Å²) < 4.78 is 4.69. The molecule has 5 nitrogen and oxygen atoms in total. The van der Waals surface area contributed by atoms with E-state index in [2.05, 4.69) is 15.4 Å². The fraction of sp³-hybridized carbons (Fsp3) is 0.529. The lowest BCUT2D eigenvalue weighted by Crippen LogP contribution is -2.39. The molecule has 0 aliphatic carbocycles. The molecule has 2 fully saturated rings. The van der Waals surface area contributed by atoms with E-state index in [-0.39, 0.29) is 5.91 Å². The molecule has 2 unspecified atom stereocenters. The number of piperidine rings is 1. The summed E-state index contributed by atoms with van der Waals surface area (Å²) in [5.41, 5.74) is 0.856. The number of ether oxygens (including phenoxy) is 1. The summed E-state index contributed by atoms with van der Waals surface area (Å²) in [4.78, 5) is 23.9. The SMILES string of the molecule is COC(=O)c1cc(Cl)cc(NC(=O)CC2CC3CCC(C2)N3)c1. The summed E-state index contributed by atoms with van der Waals surface area (Å²) in [7, 11) is 1.31. The van der Waals surface area contributed by atoms with Gasteiger partial charge in [-0.3, -0.25) is 4.79 Å². The second-order valence-electron chi connectivity index (χ2n) is 6.45. The van der Waals surface area contributed by atoms with E-state index in [1.807, 2.05) is 0 Å². The highest BCUT2D eigenvalue weighted by atomic mass is 35.5. The quantitative estimate of drug-likeness (QED) is 0.829. The normalized spacial score (nSPS) is 25.9. The van der Waals surface area contributed by atoms with Gasteiger partial charge in [-0.15, -0.1) is 0 Å². The van der Waals surface area contributed by atoms with E-state index in [4.69, 9.17) is 11.6 Å². The molecule has 1 aromatic carbocycles. The third-order valence-corrected chi connectivity index (χ3v) is 4.87. The molecular weight excluding hydrogens is 316 g/mol. The van der Waals surface area contributed by atoms with Crippen molar-refractivity contribution in [2.45, 2.75) is 44.2 Å². The topological polar surface area (TPSA) is 67.4 Å². The molecule has 124 valence electrons. The van der Waals surface area contributed by atoms with Gasteiger partial charge in [0.15, 0.2) is 0 Å². The minimum Gasteiger partial charge on any atom is -0.465 e. The average Bonchev–Trinajstić information content (AvgIpc) is 2.84. The number of rotatable bonds is 4. The summed E-state index contributed by atoms with van der Waals surface area (Å²) >= 11 is 6.01. The average molecular weight is 337 g/mol. The van der Waals surface area contributed by atoms with Gasteiger partial charge in [-0.2, -0.15) is 0 Å². The van der Waals surface area contributed by atoms with Crippen LogP contribution in [-0.4, -0.2) is 31.1 Å². The highest BCUT2D eigenvalue weighted by Gasteiger charge is 2.34. The molecule has 2 bridgehead atoms. The van der Waals surface area contributed by atoms with Crippen LogP contribution in [0.15, 0.2) is 18.2 Å². The van der Waals surface area contributed by atoms with Crippen molar-refractivity contribution >= 4 is 29.2 Å². The van der Waals surface area contributed by atoms with Crippen molar-refractivity contribution < 1.29 is 14.3 Å². The summed E-state index contributed by atoms with van der Waals surface area (Å²) in [5.74, 6) is -0.0830. The summed E-state index contributed by atoms with van der Waals surface area (Å²) in [6.07, 6.45) is 5.08. The molecule has 1 amide bonds. The molecule has 0 saturated carbocycles. The van der Waals surface area contributed by atoms with E-state index in [0.717, 1.165) is 12.8 Å². The second-order valence-corrected chi connectivity index (χ2v) is 6.88. The van der Waals surface area contributed by atoms with Crippen molar-refractivity contribution in [2.75, 3.05) is 12.4 Å². The lowest BCUT2D eigenvalue weighted by molar-refractivity contribution is -0.117. The van der Waals surface area contributed by atoms with Gasteiger partial charge in [-0.1, -0.05) is 11.6 Å². The lowest BCUT2D eigenvalue weighted by atomic mass is 9.89. The van der Waals surface area contributed by atoms with Crippen molar-refractivity contribution in [3.8, 4) is 0 Å². The molecule has 0 aromatic heterocycles. The Hall–Kier alpha value is -1.59. The van der Waals surface area contributed by atoms with E-state index in [9.17, 15) is 9.59 Å². The van der Waals surface area contributed by atoms with E-state index in [1.165, 1.54) is 26.0 Å². The molecular formula is C17H21ClN2O3. The molecule has 2 aliphatic rings. The van der Waals surface area contributed by atoms with Crippen molar-refractivity contribution in [1.82, 2.24) is 5.32 Å². The highest BCUT2D eigenvalue weighted by Crippen LogP contribution is 2.33. The van der Waals surface area contributed by atoms with Crippen LogP contribution in [0, 0.1) is 5.92 Å². The van der Waals surface area contributed by atoms with Gasteiger partial charge in [0.05, 0.1) is 12.7 Å². The van der Waals surface area contributed by atoms with E-state index in [1.54, 1.807) is 12.1 Å². The Bertz CT molecular complexity index is 608. The number of nitrogens with one attached hydrogen (secondary N) is 2. The Morgan fingerprint density at radius 1 is 1.26 bits per heavy atom. The fourth-order valence-electron chi connectivity index (χ4n) is 3.71. The number of carbonyl (C=O) groups excluding carboxylic acids is 2. The molecule has 1 aromatic rings. The van der Waals surface area contributed by atoms with Crippen molar-refractivity contribution in [1.29, 1.82) is 0 Å². The first-order chi connectivity index (χ1) is 11.0. The fourth-order valence-corrected chi connectivity index (χ4v) is 3.95. The Morgan fingerprint density at radius 3 is 2.61 bits per heavy atom. The molecule has 2 saturated heterocycles. The van der Waals surface area contributed by atoms with Crippen LogP contribution in [0.4, 0.5) is 5.69 Å². The van der Waals surface area contributed by atoms with Crippen LogP contribution in [0.5, 0.6) is 0 Å². The third-order valence-electron chi connectivity index (χ3n) is 4.65. The van der Waals surface area contributed by atoms with Crippen molar-refractivity contribution in [3.05, 3.63) is 28.8 Å². The third kappa shape index (κ3) is 4.03. The zero-order valence-corrected chi connectivity index (χ0v) is 13.9. The molecule has 6 heteroatoms. The molecule has 2 N–H and O–H groups in total. The molecule has 0 spiro atoms. The monoisotopic (exact) mass is 336 g/mol. The summed E-state index contributed by atoms with van der Waals surface area (Å²) in [5, 5.41) is 6.82. The molecule has 2 heterocycles. The first-order valence-corrected chi connectivity index (χ1v) is 8.36. The van der Waals surface area contributed by atoms with Crippen LogP contribution in [0.1, 0.15) is 42.5 Å². The first-order valence-electron chi connectivity index (χ1n) is 7.98. The van der Waals surface area contributed by atoms with Crippen LogP contribution < -0.4 is 10.6 Å². The van der Waals surface area contributed by atoms with Crippen molar-refractivity contribution in [2.24, 2.45) is 5.92 Å². The molecule has 23 heavy (non-hydrogen) atoms. The first kappa shape index (κ1) is 16.3. The van der Waals surface area contributed by atoms with Gasteiger partial charge >= 0.3 is 5.97 Å². The maximum Gasteiger partial charge on any atom is 0.337 e. The minimum absolute atomic E-state index is 0.0330. The second kappa shape index (κ2) is 6.89. The zero-order valence-electron chi connectivity index (χ0n) is 13.1. The molecule has 3 rings (SSSR count). The summed E-state index contributed by atoms with van der Waals surface area (Å²) in [6, 6.07) is 5.89. The molecule has 2 atom stereocenters. The van der Waals surface area contributed by atoms with Gasteiger partial charge in [0.2, 0.25) is 5.91 Å². The number of amides is 1. The van der Waals surface area contributed by atoms with Gasteiger partial charge in [-0.25, -0.2) is 4.79 Å². The van der Waals surface area contributed by atoms with Gasteiger partial charge < -0.3 is 15.4 Å². The van der Waals surface area contributed by atoms with Crippen LogP contribution in [0.25, 0.3) is 0 Å². The predicted octanol–water partition coefficient (Wildman–Crippen LogP) is 2.99. The number of hydrogen-bond donors (Lipinski definition) is 2. The Morgan fingerprint density at radius 2 is 1.96 bits per heavy atom. The Labute approximate surface area is 140 Å². The number of benzene rings is 1. The standard InChI is InChI=1S/C17H21ClN2O3/c1-23-17(22)11-7-12(18)9-15(8-11)20-16(21)6-10-4-13-2-3-14(5-10)19-13/h7-10,13-14,19H,2-6H2,1H3,(H,20,21). The zero-order chi connectivity index (χ0) is 16.4. The molecule has 2 aliphatic heterocycles. The summed E-state index contributed by atoms with van der Waals surface area (Å²) in [6.45, 7) is 0. The Balaban J connectivity index is 1.61. The largest absolute Gasteiger partial charge is 0.465 e. The number of anilines is 1. The lowest BCUT2D eigenvalue weighted by Gasteiger charge is -2.28. The van der Waals surface area contributed by atoms with Crippen LogP contribution in [0.2, 0.25) is 5.02 Å². The smallest absolute Gasteiger partial charge is 0.337 e. The number of methoxy groups -OCH3 is 1. The van der Waals surface area contributed by atoms with E-state index in [0.29, 0.717) is 40.7 Å². The maximum atomic E-state index is 12.3. The maximum absolute atomic E-state index is 12.3. The van der Waals surface area contributed by atoms with Gasteiger partial charge in [-0.05, 0) is 49.8 Å². The van der Waals surface area contributed by atoms with Gasteiger partial charge in [0.25, 0.3) is 0 Å². The van der Waals surface area contributed by atoms with Crippen LogP contribution >= 0.6 is 11.6 Å². The van der Waals surface area contributed by atoms with E-state index < -0.39 is 5.97 Å². The highest BCUT2D eigenvalue weighted by molar-refractivity contribution is 6.31. The van der Waals surface area contributed by atoms with Crippen molar-refractivity contribution in [3.63, 3.8) is 0 Å².